The van der Waals surface area contributed by atoms with E-state index in [0.29, 0.717) is 30.6 Å². The number of nitrogens with one attached hydrogen (secondary N) is 1. The number of nitrogens with zero attached hydrogens (tertiary/aromatic N) is 4. The van der Waals surface area contributed by atoms with Crippen LogP contribution >= 0.6 is 0 Å². The molecule has 2 N–H and O–H groups in total. The molecule has 1 amide bonds. The van der Waals surface area contributed by atoms with Crippen LogP contribution < -0.4 is 5.32 Å². The summed E-state index contributed by atoms with van der Waals surface area (Å²) in [5, 5.41) is 19.7. The van der Waals surface area contributed by atoms with Gasteiger partial charge in [-0.1, -0.05) is 23.8 Å². The fourth-order valence-electron chi connectivity index (χ4n) is 3.49. The zero-order chi connectivity index (χ0) is 19.6. The average molecular weight is 378 g/mol. The Hall–Kier alpha value is -1.73. The number of carbonyl (C=O) groups excluding carboxylic acids is 1. The molecule has 1 saturated heterocycles. The maximum Gasteiger partial charge on any atom is 0.273 e. The lowest BCUT2D eigenvalue weighted by molar-refractivity contribution is 0.0946. The van der Waals surface area contributed by atoms with Crippen molar-refractivity contribution in [1.82, 2.24) is 25.2 Å². The molecule has 1 atom stereocenters. The fraction of sp³-hybridized carbons (Fsp3) is 0.750. The van der Waals surface area contributed by atoms with E-state index >= 15 is 0 Å². The molecule has 0 bridgehead atoms. The van der Waals surface area contributed by atoms with Crippen LogP contribution in [0.1, 0.15) is 69.4 Å². The SMILES string of the molecule is CC(C)=CCC[C@@H](C)CN1CCC(n2cc(C(=O)NCCCO)nn2)CC1. The standard InChI is InChI=1S/C20H35N5O2/c1-16(2)6-4-7-17(3)14-24-11-8-18(9-12-24)25-15-19(22-23-25)20(27)21-10-5-13-26/h6,15,17-18,26H,4-5,7-14H2,1-3H3,(H,21,27)/t17-/m1/s1. The van der Waals surface area contributed by atoms with Crippen LogP contribution in [0.2, 0.25) is 0 Å². The van der Waals surface area contributed by atoms with Gasteiger partial charge in [-0.25, -0.2) is 4.68 Å². The molecule has 2 heterocycles. The predicted molar refractivity (Wildman–Crippen MR) is 107 cm³/mol. The summed E-state index contributed by atoms with van der Waals surface area (Å²) in [5.74, 6) is 0.482. The minimum atomic E-state index is -0.225. The molecule has 0 saturated carbocycles. The van der Waals surface area contributed by atoms with Crippen LogP contribution in [0.3, 0.4) is 0 Å². The van der Waals surface area contributed by atoms with E-state index in [0.717, 1.165) is 32.5 Å². The minimum Gasteiger partial charge on any atom is -0.396 e. The number of carbonyl (C=O) groups is 1. The Bertz CT molecular complexity index is 601. The maximum absolute atomic E-state index is 12.0. The number of amides is 1. The van der Waals surface area contributed by atoms with Gasteiger partial charge in [0.25, 0.3) is 5.91 Å². The third-order valence-electron chi connectivity index (χ3n) is 5.08. The van der Waals surface area contributed by atoms with Gasteiger partial charge in [0.1, 0.15) is 0 Å². The Morgan fingerprint density at radius 3 is 2.81 bits per heavy atom. The largest absolute Gasteiger partial charge is 0.396 e. The van der Waals surface area contributed by atoms with Crippen molar-refractivity contribution in [2.45, 2.75) is 58.9 Å². The number of piperidine rings is 1. The van der Waals surface area contributed by atoms with Crippen LogP contribution in [-0.2, 0) is 0 Å². The Morgan fingerprint density at radius 2 is 2.15 bits per heavy atom. The van der Waals surface area contributed by atoms with E-state index in [1.54, 1.807) is 6.20 Å². The van der Waals surface area contributed by atoms with Gasteiger partial charge in [0.15, 0.2) is 5.69 Å². The maximum atomic E-state index is 12.0. The summed E-state index contributed by atoms with van der Waals surface area (Å²) in [4.78, 5) is 14.5. The summed E-state index contributed by atoms with van der Waals surface area (Å²) in [6.45, 7) is 10.5. The topological polar surface area (TPSA) is 83.3 Å². The summed E-state index contributed by atoms with van der Waals surface area (Å²) in [6.07, 6.45) is 9.10. The summed E-state index contributed by atoms with van der Waals surface area (Å²) in [7, 11) is 0. The normalized spacial score (nSPS) is 16.9. The first-order valence-corrected chi connectivity index (χ1v) is 10.2. The van der Waals surface area contributed by atoms with E-state index in [4.69, 9.17) is 5.11 Å². The molecule has 0 radical (unpaired) electrons. The van der Waals surface area contributed by atoms with Crippen LogP contribution in [-0.4, -0.2) is 63.7 Å². The molecule has 1 fully saturated rings. The van der Waals surface area contributed by atoms with Gasteiger partial charge in [-0.3, -0.25) is 4.79 Å². The van der Waals surface area contributed by atoms with Gasteiger partial charge in [-0.2, -0.15) is 0 Å². The zero-order valence-electron chi connectivity index (χ0n) is 17.0. The number of rotatable bonds is 10. The van der Waals surface area contributed by atoms with Crippen molar-refractivity contribution in [3.05, 3.63) is 23.5 Å². The lowest BCUT2D eigenvalue weighted by Gasteiger charge is -2.33. The van der Waals surface area contributed by atoms with Crippen molar-refractivity contribution in [2.75, 3.05) is 32.8 Å². The number of hydrogen-bond acceptors (Lipinski definition) is 5. The second-order valence-electron chi connectivity index (χ2n) is 7.91. The molecule has 27 heavy (non-hydrogen) atoms. The molecular weight excluding hydrogens is 342 g/mol. The first kappa shape index (κ1) is 21.6. The summed E-state index contributed by atoms with van der Waals surface area (Å²) >= 11 is 0. The minimum absolute atomic E-state index is 0.0686. The van der Waals surface area contributed by atoms with E-state index < -0.39 is 0 Å². The van der Waals surface area contributed by atoms with Gasteiger partial charge >= 0.3 is 0 Å². The second-order valence-corrected chi connectivity index (χ2v) is 7.91. The molecule has 7 heteroatoms. The molecule has 0 aliphatic carbocycles. The Kier molecular flexibility index (Phi) is 8.94. The van der Waals surface area contributed by atoms with Gasteiger partial charge in [-0.05, 0) is 51.9 Å². The Labute approximate surface area is 162 Å². The molecular formula is C20H35N5O2. The van der Waals surface area contributed by atoms with Crippen LogP contribution in [0.4, 0.5) is 0 Å². The highest BCUT2D eigenvalue weighted by Gasteiger charge is 2.23. The number of likely N-dealkylation sites (tertiary alicyclic amines) is 1. The van der Waals surface area contributed by atoms with Crippen molar-refractivity contribution in [3.8, 4) is 0 Å². The van der Waals surface area contributed by atoms with E-state index in [1.807, 2.05) is 4.68 Å². The smallest absolute Gasteiger partial charge is 0.273 e. The molecule has 1 aliphatic heterocycles. The summed E-state index contributed by atoms with van der Waals surface area (Å²) < 4.78 is 1.84. The molecule has 0 aromatic carbocycles. The molecule has 0 unspecified atom stereocenters. The molecule has 1 aromatic heterocycles. The number of hydrogen-bond donors (Lipinski definition) is 2. The molecule has 152 valence electrons. The molecule has 1 aliphatic rings. The van der Waals surface area contributed by atoms with Crippen molar-refractivity contribution in [2.24, 2.45) is 5.92 Å². The lowest BCUT2D eigenvalue weighted by atomic mass is 10.0. The predicted octanol–water partition coefficient (Wildman–Crippen LogP) is 2.41. The lowest BCUT2D eigenvalue weighted by Crippen LogP contribution is -2.37. The van der Waals surface area contributed by atoms with Crippen molar-refractivity contribution in [1.29, 1.82) is 0 Å². The van der Waals surface area contributed by atoms with Crippen LogP contribution in [0.25, 0.3) is 0 Å². The van der Waals surface area contributed by atoms with Gasteiger partial charge in [0.2, 0.25) is 0 Å². The number of aromatic nitrogens is 3. The van der Waals surface area contributed by atoms with E-state index in [-0.39, 0.29) is 12.5 Å². The van der Waals surface area contributed by atoms with E-state index in [2.05, 4.69) is 47.4 Å². The van der Waals surface area contributed by atoms with Gasteiger partial charge in [-0.15, -0.1) is 5.10 Å². The first-order chi connectivity index (χ1) is 13.0. The van der Waals surface area contributed by atoms with Crippen LogP contribution in [0, 0.1) is 5.92 Å². The molecule has 0 spiro atoms. The number of aliphatic hydroxyl groups is 1. The Morgan fingerprint density at radius 1 is 1.41 bits per heavy atom. The number of allylic oxidation sites excluding steroid dienone is 2. The first-order valence-electron chi connectivity index (χ1n) is 10.2. The summed E-state index contributed by atoms with van der Waals surface area (Å²) in [6, 6.07) is 0.314. The molecule has 7 nitrogen and oxygen atoms in total. The highest BCUT2D eigenvalue weighted by Crippen LogP contribution is 2.23. The van der Waals surface area contributed by atoms with Crippen LogP contribution in [0.5, 0.6) is 0 Å². The van der Waals surface area contributed by atoms with Crippen molar-refractivity contribution < 1.29 is 9.90 Å². The average Bonchev–Trinajstić information content (AvgIpc) is 3.12. The third-order valence-corrected chi connectivity index (χ3v) is 5.08. The zero-order valence-corrected chi connectivity index (χ0v) is 17.0. The quantitative estimate of drug-likeness (QED) is 0.483. The van der Waals surface area contributed by atoms with Gasteiger partial charge < -0.3 is 15.3 Å². The monoisotopic (exact) mass is 377 g/mol. The van der Waals surface area contributed by atoms with Crippen molar-refractivity contribution in [3.63, 3.8) is 0 Å². The molecule has 2 rings (SSSR count). The number of aliphatic hydroxyl groups excluding tert-OH is 1. The van der Waals surface area contributed by atoms with Crippen molar-refractivity contribution >= 4 is 5.91 Å². The second kappa shape index (κ2) is 11.2. The molecule has 1 aromatic rings. The van der Waals surface area contributed by atoms with E-state index in [9.17, 15) is 4.79 Å². The summed E-state index contributed by atoms with van der Waals surface area (Å²) in [5.41, 5.74) is 1.75. The highest BCUT2D eigenvalue weighted by molar-refractivity contribution is 5.91. The Balaban J connectivity index is 1.74. The van der Waals surface area contributed by atoms with Gasteiger partial charge in [0.05, 0.1) is 12.2 Å². The van der Waals surface area contributed by atoms with Crippen LogP contribution in [0.15, 0.2) is 17.8 Å². The fourth-order valence-corrected chi connectivity index (χ4v) is 3.49. The van der Waals surface area contributed by atoms with E-state index in [1.165, 1.54) is 18.4 Å². The third kappa shape index (κ3) is 7.42. The van der Waals surface area contributed by atoms with Gasteiger partial charge in [0, 0.05) is 32.8 Å². The highest BCUT2D eigenvalue weighted by atomic mass is 16.3.